The zero-order valence-electron chi connectivity index (χ0n) is 10.5. The molecule has 1 aromatic rings. The normalized spacial score (nSPS) is 23.9. The number of H-pyrrole nitrogens is 2. The van der Waals surface area contributed by atoms with Gasteiger partial charge in [0, 0.05) is 18.6 Å². The summed E-state index contributed by atoms with van der Waals surface area (Å²) in [5.41, 5.74) is 4.86. The van der Waals surface area contributed by atoms with Gasteiger partial charge in [-0.05, 0) is 32.6 Å². The zero-order valence-corrected chi connectivity index (χ0v) is 10.5. The lowest BCUT2D eigenvalue weighted by Gasteiger charge is -2.35. The summed E-state index contributed by atoms with van der Waals surface area (Å²) in [7, 11) is 0. The van der Waals surface area contributed by atoms with E-state index in [1.54, 1.807) is 0 Å². The van der Waals surface area contributed by atoms with Gasteiger partial charge in [-0.3, -0.25) is 9.78 Å². The molecule has 1 saturated carbocycles. The molecule has 4 N–H and O–H groups in total. The van der Waals surface area contributed by atoms with E-state index in [2.05, 4.69) is 15.2 Å². The van der Waals surface area contributed by atoms with Crippen molar-refractivity contribution >= 4 is 5.82 Å². The fourth-order valence-corrected chi connectivity index (χ4v) is 2.53. The van der Waals surface area contributed by atoms with E-state index in [9.17, 15) is 9.59 Å². The largest absolute Gasteiger partial charge is 0.348 e. The van der Waals surface area contributed by atoms with Gasteiger partial charge in [-0.2, -0.15) is 0 Å². The summed E-state index contributed by atoms with van der Waals surface area (Å²) in [6.45, 7) is 2.66. The second-order valence-corrected chi connectivity index (χ2v) is 4.69. The van der Waals surface area contributed by atoms with Crippen LogP contribution in [0.15, 0.2) is 9.59 Å². The van der Waals surface area contributed by atoms with Crippen LogP contribution in [-0.4, -0.2) is 33.8 Å². The molecule has 0 radical (unpaired) electrons. The van der Waals surface area contributed by atoms with Gasteiger partial charge in [-0.25, -0.2) is 9.89 Å². The highest BCUT2D eigenvalue weighted by molar-refractivity contribution is 5.35. The van der Waals surface area contributed by atoms with Crippen LogP contribution in [0.5, 0.6) is 0 Å². The fourth-order valence-electron chi connectivity index (χ4n) is 2.53. The van der Waals surface area contributed by atoms with Crippen molar-refractivity contribution in [3.05, 3.63) is 20.8 Å². The van der Waals surface area contributed by atoms with Crippen molar-refractivity contribution in [1.29, 1.82) is 0 Å². The first-order chi connectivity index (χ1) is 8.61. The second-order valence-electron chi connectivity index (χ2n) is 4.69. The van der Waals surface area contributed by atoms with Crippen molar-refractivity contribution in [1.82, 2.24) is 15.2 Å². The first-order valence-corrected chi connectivity index (χ1v) is 6.33. The van der Waals surface area contributed by atoms with E-state index in [-0.39, 0.29) is 17.9 Å². The van der Waals surface area contributed by atoms with Gasteiger partial charge in [0.1, 0.15) is 0 Å². The van der Waals surface area contributed by atoms with E-state index >= 15 is 0 Å². The summed E-state index contributed by atoms with van der Waals surface area (Å²) in [6.07, 6.45) is 3.83. The van der Waals surface area contributed by atoms with E-state index in [0.717, 1.165) is 25.7 Å². The summed E-state index contributed by atoms with van der Waals surface area (Å²) < 4.78 is 0. The van der Waals surface area contributed by atoms with Crippen molar-refractivity contribution in [3.63, 3.8) is 0 Å². The van der Waals surface area contributed by atoms with Crippen LogP contribution >= 0.6 is 0 Å². The SMILES string of the molecule is CCN(c1n[nH]c(=O)[nH]c1=O)C1CCC(N)CC1. The zero-order chi connectivity index (χ0) is 13.1. The number of nitrogens with one attached hydrogen (secondary N) is 2. The Morgan fingerprint density at radius 1 is 1.33 bits per heavy atom. The molecule has 0 atom stereocenters. The molecule has 7 heteroatoms. The van der Waals surface area contributed by atoms with E-state index < -0.39 is 11.2 Å². The van der Waals surface area contributed by atoms with Gasteiger partial charge in [0.25, 0.3) is 5.56 Å². The number of hydrogen-bond donors (Lipinski definition) is 3. The molecule has 0 amide bonds. The van der Waals surface area contributed by atoms with Gasteiger partial charge in [0.05, 0.1) is 0 Å². The summed E-state index contributed by atoms with van der Waals surface area (Å²) in [5.74, 6) is 0.289. The van der Waals surface area contributed by atoms with Crippen LogP contribution in [0.25, 0.3) is 0 Å². The van der Waals surface area contributed by atoms with Gasteiger partial charge in [-0.1, -0.05) is 0 Å². The monoisotopic (exact) mass is 253 g/mol. The number of aromatic nitrogens is 3. The molecule has 0 spiro atoms. The van der Waals surface area contributed by atoms with Crippen molar-refractivity contribution < 1.29 is 0 Å². The van der Waals surface area contributed by atoms with Crippen molar-refractivity contribution in [3.8, 4) is 0 Å². The molecule has 1 aromatic heterocycles. The molecule has 1 aliphatic rings. The minimum Gasteiger partial charge on any atom is -0.348 e. The molecule has 0 bridgehead atoms. The number of nitrogens with two attached hydrogens (primary N) is 1. The molecule has 1 fully saturated rings. The molecule has 18 heavy (non-hydrogen) atoms. The van der Waals surface area contributed by atoms with Crippen LogP contribution in [0.3, 0.4) is 0 Å². The first-order valence-electron chi connectivity index (χ1n) is 6.33. The Morgan fingerprint density at radius 3 is 2.56 bits per heavy atom. The Kier molecular flexibility index (Phi) is 3.81. The Balaban J connectivity index is 2.22. The first kappa shape index (κ1) is 12.8. The van der Waals surface area contributed by atoms with Crippen LogP contribution in [0.4, 0.5) is 5.82 Å². The number of hydrogen-bond acceptors (Lipinski definition) is 5. The predicted molar refractivity (Wildman–Crippen MR) is 68.7 cm³/mol. The maximum atomic E-state index is 11.7. The molecule has 2 rings (SSSR count). The Bertz CT molecular complexity index is 501. The Hall–Kier alpha value is -1.63. The minimum atomic E-state index is -0.578. The van der Waals surface area contributed by atoms with E-state index in [0.29, 0.717) is 6.54 Å². The predicted octanol–water partition coefficient (Wildman–Crippen LogP) is -0.446. The standard InChI is InChI=1S/C11H19N5O2/c1-2-16(8-5-3-7(12)4-6-8)9-10(17)13-11(18)15-14-9/h7-8H,2-6,12H2,1H3,(H2,13,15,17,18). The number of anilines is 1. The van der Waals surface area contributed by atoms with Crippen molar-refractivity contribution in [2.24, 2.45) is 5.73 Å². The third-order valence-electron chi connectivity index (χ3n) is 3.49. The lowest BCUT2D eigenvalue weighted by molar-refractivity contribution is 0.375. The molecule has 1 heterocycles. The van der Waals surface area contributed by atoms with Crippen molar-refractivity contribution in [2.45, 2.75) is 44.7 Å². The quantitative estimate of drug-likeness (QED) is 0.676. The number of rotatable bonds is 3. The van der Waals surface area contributed by atoms with E-state index in [1.165, 1.54) is 0 Å². The molecule has 0 saturated heterocycles. The maximum Gasteiger partial charge on any atom is 0.342 e. The van der Waals surface area contributed by atoms with E-state index in [1.807, 2.05) is 11.8 Å². The average molecular weight is 253 g/mol. The number of aromatic amines is 2. The van der Waals surface area contributed by atoms with Crippen LogP contribution < -0.4 is 21.9 Å². The highest BCUT2D eigenvalue weighted by Crippen LogP contribution is 2.23. The van der Waals surface area contributed by atoms with Gasteiger partial charge in [-0.15, -0.1) is 5.10 Å². The fraction of sp³-hybridized carbons (Fsp3) is 0.727. The molecule has 7 nitrogen and oxygen atoms in total. The van der Waals surface area contributed by atoms with Gasteiger partial charge in [0.15, 0.2) is 0 Å². The molecule has 0 unspecified atom stereocenters. The smallest absolute Gasteiger partial charge is 0.342 e. The Morgan fingerprint density at radius 2 is 2.00 bits per heavy atom. The minimum absolute atomic E-state index is 0.266. The molecule has 100 valence electrons. The van der Waals surface area contributed by atoms with Gasteiger partial charge in [0.2, 0.25) is 5.82 Å². The summed E-state index contributed by atoms with van der Waals surface area (Å²) in [6, 6.07) is 0.538. The molecular formula is C11H19N5O2. The van der Waals surface area contributed by atoms with E-state index in [4.69, 9.17) is 5.73 Å². The lowest BCUT2D eigenvalue weighted by Crippen LogP contribution is -2.44. The lowest BCUT2D eigenvalue weighted by atomic mass is 9.91. The van der Waals surface area contributed by atoms with Crippen LogP contribution in [0.2, 0.25) is 0 Å². The van der Waals surface area contributed by atoms with Crippen LogP contribution in [-0.2, 0) is 0 Å². The van der Waals surface area contributed by atoms with Crippen LogP contribution in [0, 0.1) is 0 Å². The molecule has 1 aliphatic carbocycles. The Labute approximate surface area is 104 Å². The molecule has 0 aliphatic heterocycles. The summed E-state index contributed by atoms with van der Waals surface area (Å²) >= 11 is 0. The van der Waals surface area contributed by atoms with Crippen molar-refractivity contribution in [2.75, 3.05) is 11.4 Å². The highest BCUT2D eigenvalue weighted by Gasteiger charge is 2.25. The molecular weight excluding hydrogens is 234 g/mol. The van der Waals surface area contributed by atoms with Crippen LogP contribution in [0.1, 0.15) is 32.6 Å². The summed E-state index contributed by atoms with van der Waals surface area (Å²) in [5, 5.41) is 6.13. The van der Waals surface area contributed by atoms with Gasteiger partial charge < -0.3 is 10.6 Å². The highest BCUT2D eigenvalue weighted by atomic mass is 16.2. The summed E-state index contributed by atoms with van der Waals surface area (Å²) in [4.78, 5) is 26.9. The third kappa shape index (κ3) is 2.61. The average Bonchev–Trinajstić information content (AvgIpc) is 2.35. The second kappa shape index (κ2) is 5.34. The topological polar surface area (TPSA) is 108 Å². The maximum absolute atomic E-state index is 11.7. The molecule has 0 aromatic carbocycles. The third-order valence-corrected chi connectivity index (χ3v) is 3.49. The van der Waals surface area contributed by atoms with Gasteiger partial charge >= 0.3 is 5.69 Å². The number of nitrogens with zero attached hydrogens (tertiary/aromatic N) is 2.